The Morgan fingerprint density at radius 2 is 0.981 bits per heavy atom. The fraction of sp³-hybridized carbons (Fsp3) is 0.778. The minimum Gasteiger partial charge on any atom is -0.462 e. The number of hydrogen-bond acceptors (Lipinski definition) is 7. The Labute approximate surface area is 319 Å². The fourth-order valence-electron chi connectivity index (χ4n) is 5.94. The van der Waals surface area contributed by atoms with Crippen LogP contribution < -0.4 is 0 Å². The summed E-state index contributed by atoms with van der Waals surface area (Å²) >= 11 is 0. The average Bonchev–Trinajstić information content (AvgIpc) is 3.12. The topological polar surface area (TPSA) is 113 Å². The van der Waals surface area contributed by atoms with Gasteiger partial charge in [-0.25, -0.2) is 0 Å². The predicted octanol–water partition coefficient (Wildman–Crippen LogP) is 11.2. The lowest BCUT2D eigenvalue weighted by atomic mass is 10.0. The van der Waals surface area contributed by atoms with Gasteiger partial charge in [0.15, 0.2) is 6.10 Å². The molecule has 0 aromatic rings. The van der Waals surface area contributed by atoms with E-state index >= 15 is 0 Å². The lowest BCUT2D eigenvalue weighted by molar-refractivity contribution is -0.161. The van der Waals surface area contributed by atoms with Crippen LogP contribution in [0.5, 0.6) is 0 Å². The quantitative estimate of drug-likeness (QED) is 0.0331. The number of allylic oxidation sites excluding steroid dienone is 7. The molecule has 7 heteroatoms. The van der Waals surface area contributed by atoms with Crippen LogP contribution in [0.3, 0.4) is 0 Å². The minimum absolute atomic E-state index is 0.0682. The molecule has 0 aromatic heterocycles. The number of esters is 2. The first-order valence-electron chi connectivity index (χ1n) is 21.2. The van der Waals surface area contributed by atoms with Crippen LogP contribution in [-0.2, 0) is 19.1 Å². The van der Waals surface area contributed by atoms with Crippen molar-refractivity contribution in [3.05, 3.63) is 48.6 Å². The van der Waals surface area contributed by atoms with E-state index in [1.165, 1.54) is 89.9 Å². The highest BCUT2D eigenvalue weighted by molar-refractivity contribution is 5.70. The highest BCUT2D eigenvalue weighted by Gasteiger charge is 2.18. The Kier molecular flexibility index (Phi) is 36.9. The number of hydrogen-bond donors (Lipinski definition) is 3. The molecule has 0 saturated carbocycles. The predicted molar refractivity (Wildman–Crippen MR) is 217 cm³/mol. The molecule has 0 radical (unpaired) electrons. The van der Waals surface area contributed by atoms with Crippen molar-refractivity contribution < 1.29 is 34.4 Å². The molecule has 7 nitrogen and oxygen atoms in total. The Hall–Kier alpha value is -2.22. The van der Waals surface area contributed by atoms with Crippen LogP contribution in [-0.4, -0.2) is 58.8 Å². The highest BCUT2D eigenvalue weighted by atomic mass is 16.6. The van der Waals surface area contributed by atoms with E-state index in [1.54, 1.807) is 0 Å². The van der Waals surface area contributed by atoms with E-state index in [0.29, 0.717) is 19.3 Å². The zero-order valence-corrected chi connectivity index (χ0v) is 33.7. The zero-order chi connectivity index (χ0) is 38.3. The van der Waals surface area contributed by atoms with Gasteiger partial charge in [0.1, 0.15) is 6.61 Å². The molecule has 0 heterocycles. The second kappa shape index (κ2) is 38.5. The van der Waals surface area contributed by atoms with Crippen LogP contribution in [0.25, 0.3) is 0 Å². The second-order valence-corrected chi connectivity index (χ2v) is 14.8. The smallest absolute Gasteiger partial charge is 0.306 e. The van der Waals surface area contributed by atoms with Gasteiger partial charge in [-0.3, -0.25) is 9.59 Å². The van der Waals surface area contributed by atoms with Gasteiger partial charge in [0.05, 0.1) is 18.8 Å². The molecule has 0 rings (SSSR count). The van der Waals surface area contributed by atoms with Crippen molar-refractivity contribution in [3.8, 4) is 0 Å². The van der Waals surface area contributed by atoms with Crippen molar-refractivity contribution in [1.29, 1.82) is 0 Å². The third-order valence-corrected chi connectivity index (χ3v) is 9.27. The van der Waals surface area contributed by atoms with Gasteiger partial charge in [-0.05, 0) is 57.3 Å². The largest absolute Gasteiger partial charge is 0.462 e. The monoisotopic (exact) mass is 733 g/mol. The molecule has 0 spiro atoms. The summed E-state index contributed by atoms with van der Waals surface area (Å²) in [4.78, 5) is 24.4. The van der Waals surface area contributed by atoms with Crippen molar-refractivity contribution in [2.75, 3.05) is 13.2 Å². The Balaban J connectivity index is 3.75. The van der Waals surface area contributed by atoms with Crippen molar-refractivity contribution >= 4 is 11.9 Å². The molecule has 0 fully saturated rings. The molecular weight excluding hydrogens is 652 g/mol. The average molecular weight is 733 g/mol. The van der Waals surface area contributed by atoms with E-state index in [4.69, 9.17) is 9.47 Å². The molecule has 0 amide bonds. The van der Waals surface area contributed by atoms with Crippen molar-refractivity contribution in [3.63, 3.8) is 0 Å². The van der Waals surface area contributed by atoms with Gasteiger partial charge < -0.3 is 24.8 Å². The maximum absolute atomic E-state index is 12.2. The molecule has 3 N–H and O–H groups in total. The van der Waals surface area contributed by atoms with Crippen LogP contribution in [0.2, 0.25) is 0 Å². The third-order valence-electron chi connectivity index (χ3n) is 9.27. The van der Waals surface area contributed by atoms with E-state index in [9.17, 15) is 24.9 Å². The van der Waals surface area contributed by atoms with E-state index in [2.05, 4.69) is 57.2 Å². The second-order valence-electron chi connectivity index (χ2n) is 14.8. The zero-order valence-electron chi connectivity index (χ0n) is 33.7. The standard InChI is InChI=1S/C45H80O7/c1-4-5-6-7-8-9-10-18-21-24-27-30-34-42(47)43(48)35-32-37-44(49)51-39-41(38-46)52-45(50)36-31-28-25-22-19-16-14-12-11-13-15-17-20-23-26-29-33-40(2)3/h5-6,8-9,18,21,27,30,40-43,46-48H,4,7,10-17,19-20,22-26,28-29,31-39H2,1-3H3/b6-5-,9-8-,21-18-,30-27-/t41-,42-,43-/m0/s1. The summed E-state index contributed by atoms with van der Waals surface area (Å²) in [6.07, 6.45) is 40.7. The van der Waals surface area contributed by atoms with E-state index in [1.807, 2.05) is 12.2 Å². The molecule has 0 saturated heterocycles. The number of rotatable bonds is 37. The van der Waals surface area contributed by atoms with Gasteiger partial charge in [-0.15, -0.1) is 0 Å². The minimum atomic E-state index is -0.936. The van der Waals surface area contributed by atoms with Gasteiger partial charge >= 0.3 is 11.9 Å². The molecule has 52 heavy (non-hydrogen) atoms. The Bertz CT molecular complexity index is 923. The molecule has 3 atom stereocenters. The summed E-state index contributed by atoms with van der Waals surface area (Å²) in [5.41, 5.74) is 0. The SMILES string of the molecule is CC/C=C\C/C=C\C/C=C\C/C=C\C[C@H](O)[C@@H](O)CCCC(=O)OC[C@H](CO)OC(=O)CCCCCCCCCCCCCCCCCCC(C)C. The summed E-state index contributed by atoms with van der Waals surface area (Å²) in [6, 6.07) is 0. The first-order chi connectivity index (χ1) is 25.3. The van der Waals surface area contributed by atoms with Crippen LogP contribution in [0.4, 0.5) is 0 Å². The number of unbranched alkanes of at least 4 members (excludes halogenated alkanes) is 15. The van der Waals surface area contributed by atoms with E-state index in [-0.39, 0.29) is 25.4 Å². The van der Waals surface area contributed by atoms with Crippen molar-refractivity contribution in [2.24, 2.45) is 5.92 Å². The van der Waals surface area contributed by atoms with Crippen molar-refractivity contribution in [2.45, 2.75) is 206 Å². The summed E-state index contributed by atoms with van der Waals surface area (Å²) in [5.74, 6) is -0.0297. The fourth-order valence-corrected chi connectivity index (χ4v) is 5.94. The Morgan fingerprint density at radius 3 is 1.46 bits per heavy atom. The van der Waals surface area contributed by atoms with E-state index < -0.39 is 30.9 Å². The molecule has 302 valence electrons. The first-order valence-corrected chi connectivity index (χ1v) is 21.2. The van der Waals surface area contributed by atoms with E-state index in [0.717, 1.165) is 50.9 Å². The number of ether oxygens (including phenoxy) is 2. The van der Waals surface area contributed by atoms with Gasteiger partial charge in [0.2, 0.25) is 0 Å². The third kappa shape index (κ3) is 36.2. The van der Waals surface area contributed by atoms with Crippen molar-refractivity contribution in [1.82, 2.24) is 0 Å². The number of carbonyl (C=O) groups is 2. The lowest BCUT2D eigenvalue weighted by Gasteiger charge is -2.17. The first kappa shape index (κ1) is 49.8. The van der Waals surface area contributed by atoms with Gasteiger partial charge in [0.25, 0.3) is 0 Å². The Morgan fingerprint density at radius 1 is 0.538 bits per heavy atom. The molecular formula is C45H80O7. The number of aliphatic hydroxyl groups is 3. The summed E-state index contributed by atoms with van der Waals surface area (Å²) in [7, 11) is 0. The maximum Gasteiger partial charge on any atom is 0.306 e. The molecule has 0 aromatic carbocycles. The maximum atomic E-state index is 12.2. The summed E-state index contributed by atoms with van der Waals surface area (Å²) in [5, 5.41) is 30.0. The molecule has 0 aliphatic rings. The molecule has 0 aliphatic heterocycles. The molecule has 0 aliphatic carbocycles. The van der Waals surface area contributed by atoms with Gasteiger partial charge in [0, 0.05) is 12.8 Å². The summed E-state index contributed by atoms with van der Waals surface area (Å²) in [6.45, 7) is 6.13. The molecule has 0 unspecified atom stereocenters. The van der Waals surface area contributed by atoms with Gasteiger partial charge in [-0.1, -0.05) is 172 Å². The van der Waals surface area contributed by atoms with Gasteiger partial charge in [-0.2, -0.15) is 0 Å². The summed E-state index contributed by atoms with van der Waals surface area (Å²) < 4.78 is 10.5. The highest BCUT2D eigenvalue weighted by Crippen LogP contribution is 2.16. The number of carbonyl (C=O) groups excluding carboxylic acids is 2. The molecule has 0 bridgehead atoms. The lowest BCUT2D eigenvalue weighted by Crippen LogP contribution is -2.28. The normalized spacial score (nSPS) is 14.0. The van der Waals surface area contributed by atoms with Crippen LogP contribution in [0, 0.1) is 5.92 Å². The van der Waals surface area contributed by atoms with Crippen LogP contribution in [0.1, 0.15) is 188 Å². The van der Waals surface area contributed by atoms with Crippen LogP contribution >= 0.6 is 0 Å². The van der Waals surface area contributed by atoms with Crippen LogP contribution in [0.15, 0.2) is 48.6 Å². The number of aliphatic hydroxyl groups excluding tert-OH is 3.